The lowest BCUT2D eigenvalue weighted by molar-refractivity contribution is -0.121. The van der Waals surface area contributed by atoms with Crippen molar-refractivity contribution < 1.29 is 14.3 Å². The molecule has 5 nitrogen and oxygen atoms in total. The molecule has 1 aliphatic rings. The summed E-state index contributed by atoms with van der Waals surface area (Å²) >= 11 is 6.37. The number of carbonyl (C=O) groups is 1. The number of rotatable bonds is 10. The van der Waals surface area contributed by atoms with Crippen LogP contribution in [0, 0.1) is 5.92 Å². The molecule has 1 rings (SSSR count). The molecule has 0 spiro atoms. The van der Waals surface area contributed by atoms with Gasteiger partial charge in [0.15, 0.2) is 12.8 Å². The predicted molar refractivity (Wildman–Crippen MR) is 132 cm³/mol. The second kappa shape index (κ2) is 11.1. The smallest absolute Gasteiger partial charge is 0.303 e. The average molecular weight is 455 g/mol. The fraction of sp³-hybridized carbons (Fsp3) is 0.636. The maximum Gasteiger partial charge on any atom is 0.303 e. The molecule has 1 heterocycles. The third-order valence-electron chi connectivity index (χ3n) is 5.61. The Morgan fingerprint density at radius 1 is 1.50 bits per heavy atom. The van der Waals surface area contributed by atoms with Crippen molar-refractivity contribution in [3.63, 3.8) is 0 Å². The maximum atomic E-state index is 12.4. The van der Waals surface area contributed by atoms with Crippen molar-refractivity contribution >= 4 is 38.3 Å². The van der Waals surface area contributed by atoms with Gasteiger partial charge < -0.3 is 4.65 Å². The number of hydrogen-bond acceptors (Lipinski definition) is 4. The van der Waals surface area contributed by atoms with E-state index in [1.807, 2.05) is 41.0 Å². The molecule has 1 N–H and O–H groups in total. The van der Waals surface area contributed by atoms with E-state index < -0.39 is 12.8 Å². The predicted octanol–water partition coefficient (Wildman–Crippen LogP) is 4.91. The molecule has 167 valence electrons. The molecule has 0 bridgehead atoms. The van der Waals surface area contributed by atoms with Crippen LogP contribution in [-0.4, -0.2) is 66.7 Å². The highest BCUT2D eigenvalue weighted by Gasteiger charge is 2.44. The molecule has 1 aliphatic heterocycles. The molecule has 1 radical (unpaired) electrons. The quantitative estimate of drug-likeness (QED) is 0.221. The van der Waals surface area contributed by atoms with Gasteiger partial charge in [0.05, 0.1) is 19.9 Å². The molecule has 0 aromatic carbocycles. The number of alkyl halides is 1. The van der Waals surface area contributed by atoms with Crippen LogP contribution in [0.4, 0.5) is 0 Å². The highest BCUT2D eigenvalue weighted by molar-refractivity contribution is 7.70. The Kier molecular flexibility index (Phi) is 10.0. The van der Waals surface area contributed by atoms with Crippen molar-refractivity contribution in [3.8, 4) is 0 Å². The van der Waals surface area contributed by atoms with E-state index >= 15 is 0 Å². The van der Waals surface area contributed by atoms with Gasteiger partial charge in [-0.25, -0.2) is 4.89 Å². The zero-order valence-corrected chi connectivity index (χ0v) is 21.3. The van der Waals surface area contributed by atoms with E-state index in [4.69, 9.17) is 16.3 Å². The summed E-state index contributed by atoms with van der Waals surface area (Å²) in [5, 5.41) is -0.735. The molecule has 0 aliphatic carbocycles. The van der Waals surface area contributed by atoms with Gasteiger partial charge in [0.1, 0.15) is 5.84 Å². The zero-order valence-electron chi connectivity index (χ0n) is 19.6. The summed E-state index contributed by atoms with van der Waals surface area (Å²) < 4.78 is 5.94. The van der Waals surface area contributed by atoms with Crippen molar-refractivity contribution in [3.05, 3.63) is 36.0 Å². The van der Waals surface area contributed by atoms with Crippen molar-refractivity contribution in [2.45, 2.75) is 57.6 Å². The lowest BCUT2D eigenvalue weighted by Crippen LogP contribution is -2.31. The molecule has 3 unspecified atom stereocenters. The number of likely N-dealkylation sites (N-methyl/N-ethyl adjacent to an activating group) is 1. The summed E-state index contributed by atoms with van der Waals surface area (Å²) in [6.07, 6.45) is 6.52. The second-order valence-electron chi connectivity index (χ2n) is 8.93. The molecule has 0 aromatic rings. The van der Waals surface area contributed by atoms with Crippen LogP contribution in [0.1, 0.15) is 41.0 Å². The van der Waals surface area contributed by atoms with E-state index in [2.05, 4.69) is 30.6 Å². The Balaban J connectivity index is 2.79. The topological polar surface area (TPSA) is 62.1 Å². The lowest BCUT2D eigenvalue weighted by Gasteiger charge is -2.31. The molecule has 0 saturated heterocycles. The molecule has 0 saturated carbocycles. The Morgan fingerprint density at radius 3 is 2.60 bits per heavy atom. The summed E-state index contributed by atoms with van der Waals surface area (Å²) in [5.74, 6) is 0.615. The highest BCUT2D eigenvalue weighted by atomic mass is 35.5. The number of aliphatic imine (C=N–C) groups is 1. The van der Waals surface area contributed by atoms with Crippen LogP contribution in [0.3, 0.4) is 0 Å². The second-order valence-corrected chi connectivity index (χ2v) is 13.5. The van der Waals surface area contributed by atoms with Gasteiger partial charge >= 0.3 is 7.48 Å². The number of nitrogens with zero attached hydrogens (tertiary/aromatic N) is 2. The number of allylic oxidation sites excluding steroid dienone is 2. The first-order valence-corrected chi connectivity index (χ1v) is 13.3. The standard InChI is InChI=1S/C22H37BClN2O3P/c1-15(2)21-25-14-18(13-20(27)26(21)7)16(3)11-10-12-19(17(4)24)23-29-22(5,6)30(8,9)28/h10-11,13,16-17,19,28H,1,12,14H2,2-9H3/q+1/b11-10-. The van der Waals surface area contributed by atoms with Crippen LogP contribution < -0.4 is 0 Å². The van der Waals surface area contributed by atoms with Gasteiger partial charge in [-0.1, -0.05) is 25.7 Å². The molecular formula is C22H37BClN2O3P+. The maximum absolute atomic E-state index is 12.4. The van der Waals surface area contributed by atoms with E-state index in [9.17, 15) is 9.69 Å². The number of carbonyl (C=O) groups excluding carboxylic acids is 1. The Bertz CT molecular complexity index is 726. The lowest BCUT2D eigenvalue weighted by atomic mass is 9.75. The van der Waals surface area contributed by atoms with Crippen molar-refractivity contribution in [1.29, 1.82) is 0 Å². The Hall–Kier alpha value is -0.935. The van der Waals surface area contributed by atoms with Gasteiger partial charge in [0.25, 0.3) is 5.91 Å². The van der Waals surface area contributed by atoms with Gasteiger partial charge in [0.2, 0.25) is 0 Å². The van der Waals surface area contributed by atoms with E-state index in [0.717, 1.165) is 11.1 Å². The van der Waals surface area contributed by atoms with Gasteiger partial charge in [-0.3, -0.25) is 14.7 Å². The zero-order chi connectivity index (χ0) is 23.3. The number of hydrogen-bond donors (Lipinski definition) is 1. The first-order chi connectivity index (χ1) is 13.7. The first kappa shape index (κ1) is 27.1. The number of amidine groups is 1. The van der Waals surface area contributed by atoms with E-state index in [-0.39, 0.29) is 23.0 Å². The van der Waals surface area contributed by atoms with E-state index in [1.54, 1.807) is 20.6 Å². The highest BCUT2D eigenvalue weighted by Crippen LogP contribution is 2.59. The summed E-state index contributed by atoms with van der Waals surface area (Å²) in [6.45, 7) is 17.7. The minimum Gasteiger partial charge on any atom is -0.405 e. The minimum absolute atomic E-state index is 0.00450. The number of amides is 1. The normalized spacial score (nSPS) is 19.1. The van der Waals surface area contributed by atoms with Gasteiger partial charge in [0, 0.05) is 32.3 Å². The van der Waals surface area contributed by atoms with E-state index in [0.29, 0.717) is 18.8 Å². The van der Waals surface area contributed by atoms with Crippen LogP contribution in [-0.2, 0) is 9.45 Å². The number of halogens is 1. The van der Waals surface area contributed by atoms with Crippen LogP contribution in [0.2, 0.25) is 5.82 Å². The monoisotopic (exact) mass is 454 g/mol. The van der Waals surface area contributed by atoms with Crippen LogP contribution in [0.25, 0.3) is 0 Å². The van der Waals surface area contributed by atoms with Crippen LogP contribution >= 0.6 is 19.1 Å². The first-order valence-electron chi connectivity index (χ1n) is 10.2. The average Bonchev–Trinajstić information content (AvgIpc) is 2.75. The SMILES string of the molecule is C=C(C)C1=NCC(C(C)/C=C\CC([B]OC(C)(C)[P+](C)(C)O)C(C)Cl)=CC(=O)N1C. The third-order valence-corrected chi connectivity index (χ3v) is 8.67. The van der Waals surface area contributed by atoms with Crippen molar-refractivity contribution in [2.24, 2.45) is 10.9 Å². The fourth-order valence-corrected chi connectivity index (χ4v) is 3.15. The van der Waals surface area contributed by atoms with E-state index in [1.165, 1.54) is 4.90 Å². The largest absolute Gasteiger partial charge is 0.405 e. The molecule has 1 amide bonds. The molecule has 8 heteroatoms. The Labute approximate surface area is 189 Å². The van der Waals surface area contributed by atoms with Gasteiger partial charge in [-0.15, -0.1) is 11.6 Å². The molecule has 3 atom stereocenters. The van der Waals surface area contributed by atoms with Gasteiger partial charge in [-0.05, 0) is 43.1 Å². The summed E-state index contributed by atoms with van der Waals surface area (Å²) in [6, 6.07) is 0. The Morgan fingerprint density at radius 2 is 2.10 bits per heavy atom. The summed E-state index contributed by atoms with van der Waals surface area (Å²) in [7, 11) is 1.31. The molecule has 0 fully saturated rings. The molecule has 30 heavy (non-hydrogen) atoms. The summed E-state index contributed by atoms with van der Waals surface area (Å²) in [4.78, 5) is 28.9. The summed E-state index contributed by atoms with van der Waals surface area (Å²) in [5.41, 5.74) is 1.73. The fourth-order valence-electron chi connectivity index (χ4n) is 2.67. The van der Waals surface area contributed by atoms with Crippen molar-refractivity contribution in [1.82, 2.24) is 4.90 Å². The molecular weight excluding hydrogens is 417 g/mol. The van der Waals surface area contributed by atoms with Crippen LogP contribution in [0.5, 0.6) is 0 Å². The minimum atomic E-state index is -2.17. The van der Waals surface area contributed by atoms with Crippen LogP contribution in [0.15, 0.2) is 40.9 Å². The van der Waals surface area contributed by atoms with Crippen molar-refractivity contribution in [2.75, 3.05) is 26.9 Å². The molecule has 0 aromatic heterocycles. The van der Waals surface area contributed by atoms with Gasteiger partial charge in [-0.2, -0.15) is 0 Å². The third kappa shape index (κ3) is 7.64.